The lowest BCUT2D eigenvalue weighted by Crippen LogP contribution is -2.23. The predicted octanol–water partition coefficient (Wildman–Crippen LogP) is 1.77. The topological polar surface area (TPSA) is 52.9 Å². The molecule has 17 heavy (non-hydrogen) atoms. The van der Waals surface area contributed by atoms with Crippen molar-refractivity contribution in [2.45, 2.75) is 13.0 Å². The Morgan fingerprint density at radius 3 is 2.24 bits per heavy atom. The van der Waals surface area contributed by atoms with Crippen molar-refractivity contribution in [1.82, 2.24) is 5.32 Å². The minimum atomic E-state index is -1.57. The summed E-state index contributed by atoms with van der Waals surface area (Å²) in [5.74, 6) is -7.03. The minimum Gasteiger partial charge on any atom is -0.351 e. The van der Waals surface area contributed by atoms with Crippen molar-refractivity contribution < 1.29 is 22.4 Å². The van der Waals surface area contributed by atoms with Crippen molar-refractivity contribution in [2.24, 2.45) is 0 Å². The number of hydrogen-bond donors (Lipinski definition) is 1. The molecule has 0 spiro atoms. The van der Waals surface area contributed by atoms with Crippen LogP contribution >= 0.6 is 0 Å². The van der Waals surface area contributed by atoms with E-state index < -0.39 is 47.7 Å². The Kier molecular flexibility index (Phi) is 4.04. The molecule has 1 rings (SSSR count). The van der Waals surface area contributed by atoms with Gasteiger partial charge in [0, 0.05) is 18.2 Å². The van der Waals surface area contributed by atoms with E-state index in [0.717, 1.165) is 0 Å². The molecule has 0 aromatic heterocycles. The Morgan fingerprint density at radius 1 is 1.24 bits per heavy atom. The van der Waals surface area contributed by atoms with E-state index in [0.29, 0.717) is 0 Å². The summed E-state index contributed by atoms with van der Waals surface area (Å²) in [7, 11) is 0. The van der Waals surface area contributed by atoms with Crippen molar-refractivity contribution >= 4 is 5.91 Å². The molecule has 0 saturated heterocycles. The molecule has 1 amide bonds. The number of halogens is 4. The van der Waals surface area contributed by atoms with Gasteiger partial charge in [0.25, 0.3) is 0 Å². The van der Waals surface area contributed by atoms with Crippen LogP contribution < -0.4 is 5.32 Å². The lowest BCUT2D eigenvalue weighted by atomic mass is 10.1. The second-order valence-electron chi connectivity index (χ2n) is 3.06. The highest BCUT2D eigenvalue weighted by molar-refractivity contribution is 5.77. The van der Waals surface area contributed by atoms with Gasteiger partial charge in [0.1, 0.15) is 6.42 Å². The summed E-state index contributed by atoms with van der Waals surface area (Å²) in [5.41, 5.74) is -0.922. The van der Waals surface area contributed by atoms with E-state index in [2.05, 4.69) is 0 Å². The number of carbonyl (C=O) groups excluding carboxylic acids is 1. The maximum atomic E-state index is 13.1. The number of rotatable bonds is 3. The van der Waals surface area contributed by atoms with Crippen LogP contribution in [0.5, 0.6) is 0 Å². The molecule has 90 valence electrons. The normalized spacial score (nSPS) is 9.82. The number of benzene rings is 1. The minimum absolute atomic E-state index is 0.0747. The number of nitrogens with one attached hydrogen (secondary N) is 1. The second-order valence-corrected chi connectivity index (χ2v) is 3.06. The highest BCUT2D eigenvalue weighted by Crippen LogP contribution is 2.18. The molecule has 0 atom stereocenters. The van der Waals surface area contributed by atoms with Crippen molar-refractivity contribution in [2.75, 3.05) is 0 Å². The summed E-state index contributed by atoms with van der Waals surface area (Å²) in [4.78, 5) is 10.8. The summed E-state index contributed by atoms with van der Waals surface area (Å²) < 4.78 is 51.7. The van der Waals surface area contributed by atoms with Gasteiger partial charge >= 0.3 is 0 Å². The Bertz CT molecular complexity index is 470. The molecular weight excluding hydrogens is 240 g/mol. The zero-order valence-corrected chi connectivity index (χ0v) is 8.36. The van der Waals surface area contributed by atoms with Crippen LogP contribution in [0.2, 0.25) is 0 Å². The smallest absolute Gasteiger partial charge is 0.234 e. The highest BCUT2D eigenvalue weighted by Gasteiger charge is 2.19. The molecule has 0 bridgehead atoms. The molecule has 0 radical (unpaired) electrons. The summed E-state index contributed by atoms with van der Waals surface area (Å²) in [6.45, 7) is -0.729. The van der Waals surface area contributed by atoms with Crippen LogP contribution in [0.3, 0.4) is 0 Å². The average Bonchev–Trinajstić information content (AvgIpc) is 2.27. The summed E-state index contributed by atoms with van der Waals surface area (Å²) in [6.07, 6.45) is -0.513. The second kappa shape index (κ2) is 5.30. The molecule has 3 nitrogen and oxygen atoms in total. The molecule has 1 N–H and O–H groups in total. The first-order chi connectivity index (χ1) is 7.97. The number of hydrogen-bond acceptors (Lipinski definition) is 2. The van der Waals surface area contributed by atoms with Gasteiger partial charge in [-0.1, -0.05) is 0 Å². The molecule has 7 heteroatoms. The van der Waals surface area contributed by atoms with Gasteiger partial charge in [-0.25, -0.2) is 17.6 Å². The maximum absolute atomic E-state index is 13.1. The number of amides is 1. The molecule has 0 heterocycles. The standard InChI is InChI=1S/C10H6F4N2O/c11-6-3-7(12)10(14)5(9(6)13)4-16-8(17)1-2-15/h3H,1,4H2,(H,16,17). The van der Waals surface area contributed by atoms with E-state index >= 15 is 0 Å². The van der Waals surface area contributed by atoms with E-state index in [9.17, 15) is 22.4 Å². The van der Waals surface area contributed by atoms with Gasteiger partial charge in [0.2, 0.25) is 5.91 Å². The fourth-order valence-electron chi connectivity index (χ4n) is 1.10. The highest BCUT2D eigenvalue weighted by atomic mass is 19.2. The largest absolute Gasteiger partial charge is 0.351 e. The zero-order chi connectivity index (χ0) is 13.0. The van der Waals surface area contributed by atoms with Crippen LogP contribution in [0.4, 0.5) is 17.6 Å². The summed E-state index contributed by atoms with van der Waals surface area (Å²) in [5, 5.41) is 10.1. The van der Waals surface area contributed by atoms with Crippen molar-refractivity contribution in [3.05, 3.63) is 34.9 Å². The van der Waals surface area contributed by atoms with E-state index in [1.165, 1.54) is 6.07 Å². The first kappa shape index (κ1) is 13.0. The third kappa shape index (κ3) is 2.93. The molecule has 0 fully saturated rings. The van der Waals surface area contributed by atoms with Crippen LogP contribution in [0, 0.1) is 34.6 Å². The molecule has 0 aliphatic carbocycles. The average molecular weight is 246 g/mol. The maximum Gasteiger partial charge on any atom is 0.234 e. The molecule has 0 aliphatic heterocycles. The summed E-state index contributed by atoms with van der Waals surface area (Å²) >= 11 is 0. The SMILES string of the molecule is N#CCC(=O)NCc1c(F)c(F)cc(F)c1F. The molecule has 1 aromatic rings. The fourth-order valence-corrected chi connectivity index (χ4v) is 1.10. The van der Waals surface area contributed by atoms with Crippen LogP contribution in [-0.2, 0) is 11.3 Å². The van der Waals surface area contributed by atoms with Gasteiger partial charge in [-0.2, -0.15) is 5.26 Å². The third-order valence-corrected chi connectivity index (χ3v) is 1.90. The van der Waals surface area contributed by atoms with E-state index in [1.807, 2.05) is 5.32 Å². The van der Waals surface area contributed by atoms with Gasteiger partial charge in [-0.15, -0.1) is 0 Å². The van der Waals surface area contributed by atoms with E-state index in [4.69, 9.17) is 5.26 Å². The van der Waals surface area contributed by atoms with Gasteiger partial charge < -0.3 is 5.32 Å². The Hall–Kier alpha value is -2.10. The van der Waals surface area contributed by atoms with Crippen molar-refractivity contribution in [3.63, 3.8) is 0 Å². The Morgan fingerprint density at radius 2 is 1.76 bits per heavy atom. The lowest BCUT2D eigenvalue weighted by molar-refractivity contribution is -0.120. The number of nitrogens with zero attached hydrogens (tertiary/aromatic N) is 1. The van der Waals surface area contributed by atoms with Crippen molar-refractivity contribution in [1.29, 1.82) is 5.26 Å². The number of nitriles is 1. The monoisotopic (exact) mass is 246 g/mol. The molecular formula is C10H6F4N2O. The quantitative estimate of drug-likeness (QED) is 0.652. The van der Waals surface area contributed by atoms with Crippen LogP contribution in [0.25, 0.3) is 0 Å². The zero-order valence-electron chi connectivity index (χ0n) is 8.36. The van der Waals surface area contributed by atoms with Gasteiger partial charge in [0.05, 0.1) is 6.07 Å². The van der Waals surface area contributed by atoms with E-state index in [1.54, 1.807) is 0 Å². The van der Waals surface area contributed by atoms with Crippen LogP contribution in [-0.4, -0.2) is 5.91 Å². The first-order valence-corrected chi connectivity index (χ1v) is 4.43. The first-order valence-electron chi connectivity index (χ1n) is 4.43. The molecule has 1 aromatic carbocycles. The Labute approximate surface area is 93.7 Å². The van der Waals surface area contributed by atoms with E-state index in [-0.39, 0.29) is 6.07 Å². The Balaban J connectivity index is 2.92. The molecule has 0 saturated carbocycles. The van der Waals surface area contributed by atoms with Gasteiger partial charge in [-0.05, 0) is 0 Å². The molecule has 0 aliphatic rings. The van der Waals surface area contributed by atoms with Crippen LogP contribution in [0.15, 0.2) is 6.07 Å². The van der Waals surface area contributed by atoms with Gasteiger partial charge in [0.15, 0.2) is 23.3 Å². The van der Waals surface area contributed by atoms with Crippen LogP contribution in [0.1, 0.15) is 12.0 Å². The van der Waals surface area contributed by atoms with Gasteiger partial charge in [-0.3, -0.25) is 4.79 Å². The number of carbonyl (C=O) groups is 1. The third-order valence-electron chi connectivity index (χ3n) is 1.90. The predicted molar refractivity (Wildman–Crippen MR) is 48.4 cm³/mol. The fraction of sp³-hybridized carbons (Fsp3) is 0.200. The lowest BCUT2D eigenvalue weighted by Gasteiger charge is -2.07. The van der Waals surface area contributed by atoms with Crippen molar-refractivity contribution in [3.8, 4) is 6.07 Å². The summed E-state index contributed by atoms with van der Waals surface area (Å²) in [6, 6.07) is 1.58. The molecule has 0 unspecified atom stereocenters.